The highest BCUT2D eigenvalue weighted by Gasteiger charge is 2.19. The van der Waals surface area contributed by atoms with Gasteiger partial charge in [0.2, 0.25) is 5.91 Å². The van der Waals surface area contributed by atoms with Crippen molar-refractivity contribution in [3.8, 4) is 6.07 Å². The van der Waals surface area contributed by atoms with Gasteiger partial charge < -0.3 is 5.32 Å². The third-order valence-electron chi connectivity index (χ3n) is 4.08. The Morgan fingerprint density at radius 2 is 2.00 bits per heavy atom. The van der Waals surface area contributed by atoms with Crippen molar-refractivity contribution in [2.45, 2.75) is 38.5 Å². The van der Waals surface area contributed by atoms with Gasteiger partial charge in [0.15, 0.2) is 0 Å². The van der Waals surface area contributed by atoms with Gasteiger partial charge in [-0.1, -0.05) is 56.0 Å². The standard InChI is InChI=1S/C17H22N2O/c18-13-16(12-15-8-2-1-3-9-15)17(20)19-11-10-14-6-4-5-7-14/h1-3,8-9,14,16H,4-7,10-12H2,(H,19,20). The minimum absolute atomic E-state index is 0.130. The van der Waals surface area contributed by atoms with Crippen LogP contribution in [0.2, 0.25) is 0 Å². The van der Waals surface area contributed by atoms with E-state index in [1.807, 2.05) is 30.3 Å². The average molecular weight is 270 g/mol. The molecule has 0 aliphatic heterocycles. The van der Waals surface area contributed by atoms with Crippen LogP contribution in [0.25, 0.3) is 0 Å². The molecular weight excluding hydrogens is 248 g/mol. The number of nitriles is 1. The lowest BCUT2D eigenvalue weighted by Gasteiger charge is -2.12. The van der Waals surface area contributed by atoms with Crippen molar-refractivity contribution in [2.24, 2.45) is 11.8 Å². The van der Waals surface area contributed by atoms with Crippen LogP contribution in [0.1, 0.15) is 37.7 Å². The van der Waals surface area contributed by atoms with Gasteiger partial charge in [-0.2, -0.15) is 5.26 Å². The van der Waals surface area contributed by atoms with Gasteiger partial charge in [0, 0.05) is 6.54 Å². The second-order valence-corrected chi connectivity index (χ2v) is 5.60. The first kappa shape index (κ1) is 14.6. The molecule has 1 saturated carbocycles. The predicted molar refractivity (Wildman–Crippen MR) is 78.8 cm³/mol. The van der Waals surface area contributed by atoms with Gasteiger partial charge in [-0.25, -0.2) is 0 Å². The van der Waals surface area contributed by atoms with E-state index >= 15 is 0 Å². The van der Waals surface area contributed by atoms with E-state index < -0.39 is 5.92 Å². The topological polar surface area (TPSA) is 52.9 Å². The molecule has 106 valence electrons. The van der Waals surface area contributed by atoms with Crippen LogP contribution in [0.3, 0.4) is 0 Å². The van der Waals surface area contributed by atoms with E-state index in [2.05, 4.69) is 11.4 Å². The smallest absolute Gasteiger partial charge is 0.237 e. The number of rotatable bonds is 6. The summed E-state index contributed by atoms with van der Waals surface area (Å²) in [6.07, 6.45) is 6.78. The van der Waals surface area contributed by atoms with Crippen LogP contribution >= 0.6 is 0 Å². The Balaban J connectivity index is 1.75. The van der Waals surface area contributed by atoms with E-state index in [0.717, 1.165) is 17.9 Å². The summed E-state index contributed by atoms with van der Waals surface area (Å²) in [6, 6.07) is 11.8. The summed E-state index contributed by atoms with van der Waals surface area (Å²) in [4.78, 5) is 12.0. The zero-order chi connectivity index (χ0) is 14.2. The van der Waals surface area contributed by atoms with Crippen molar-refractivity contribution in [2.75, 3.05) is 6.54 Å². The third-order valence-corrected chi connectivity index (χ3v) is 4.08. The summed E-state index contributed by atoms with van der Waals surface area (Å²) in [5.41, 5.74) is 1.03. The normalized spacial score (nSPS) is 16.6. The molecule has 0 radical (unpaired) electrons. The van der Waals surface area contributed by atoms with Gasteiger partial charge in [0.1, 0.15) is 5.92 Å². The number of amides is 1. The number of nitrogens with zero attached hydrogens (tertiary/aromatic N) is 1. The van der Waals surface area contributed by atoms with Gasteiger partial charge in [0.05, 0.1) is 6.07 Å². The fraction of sp³-hybridized carbons (Fsp3) is 0.529. The van der Waals surface area contributed by atoms with Gasteiger partial charge in [-0.15, -0.1) is 0 Å². The maximum Gasteiger partial charge on any atom is 0.237 e. The van der Waals surface area contributed by atoms with Crippen LogP contribution in [0.5, 0.6) is 0 Å². The first-order chi connectivity index (χ1) is 9.79. The molecule has 1 unspecified atom stereocenters. The SMILES string of the molecule is N#CC(Cc1ccccc1)C(=O)NCCC1CCCC1. The molecule has 1 aromatic rings. The Kier molecular flexibility index (Phi) is 5.61. The zero-order valence-corrected chi connectivity index (χ0v) is 11.8. The molecule has 1 atom stereocenters. The molecule has 2 rings (SSSR count). The molecule has 0 spiro atoms. The quantitative estimate of drug-likeness (QED) is 0.863. The molecule has 20 heavy (non-hydrogen) atoms. The van der Waals surface area contributed by atoms with Crippen LogP contribution in [0, 0.1) is 23.2 Å². The molecule has 0 heterocycles. The Hall–Kier alpha value is -1.82. The van der Waals surface area contributed by atoms with E-state index in [0.29, 0.717) is 13.0 Å². The van der Waals surface area contributed by atoms with Crippen molar-refractivity contribution in [1.29, 1.82) is 5.26 Å². The predicted octanol–water partition coefficient (Wildman–Crippen LogP) is 3.07. The van der Waals surface area contributed by atoms with E-state index in [4.69, 9.17) is 5.26 Å². The van der Waals surface area contributed by atoms with Crippen molar-refractivity contribution in [3.63, 3.8) is 0 Å². The Morgan fingerprint density at radius 1 is 1.30 bits per heavy atom. The van der Waals surface area contributed by atoms with Gasteiger partial charge >= 0.3 is 0 Å². The molecule has 0 aromatic heterocycles. The van der Waals surface area contributed by atoms with Crippen molar-refractivity contribution < 1.29 is 4.79 Å². The van der Waals surface area contributed by atoms with Crippen molar-refractivity contribution in [1.82, 2.24) is 5.32 Å². The lowest BCUT2D eigenvalue weighted by atomic mass is 9.99. The van der Waals surface area contributed by atoms with Crippen LogP contribution in [-0.2, 0) is 11.2 Å². The molecule has 1 aliphatic carbocycles. The van der Waals surface area contributed by atoms with Crippen molar-refractivity contribution in [3.05, 3.63) is 35.9 Å². The van der Waals surface area contributed by atoms with Crippen LogP contribution in [-0.4, -0.2) is 12.5 Å². The summed E-state index contributed by atoms with van der Waals surface area (Å²) in [6.45, 7) is 0.705. The zero-order valence-electron chi connectivity index (χ0n) is 11.8. The molecule has 0 bridgehead atoms. The average Bonchev–Trinajstić information content (AvgIpc) is 2.99. The maximum absolute atomic E-state index is 12.0. The fourth-order valence-electron chi connectivity index (χ4n) is 2.87. The molecule has 3 nitrogen and oxygen atoms in total. The molecule has 1 N–H and O–H groups in total. The van der Waals surface area contributed by atoms with E-state index in [1.165, 1.54) is 25.7 Å². The highest BCUT2D eigenvalue weighted by Crippen LogP contribution is 2.26. The van der Waals surface area contributed by atoms with E-state index in [9.17, 15) is 4.79 Å². The number of hydrogen-bond donors (Lipinski definition) is 1. The highest BCUT2D eigenvalue weighted by atomic mass is 16.1. The number of benzene rings is 1. The summed E-state index contributed by atoms with van der Waals surface area (Å²) < 4.78 is 0. The first-order valence-corrected chi connectivity index (χ1v) is 7.51. The minimum Gasteiger partial charge on any atom is -0.355 e. The summed E-state index contributed by atoms with van der Waals surface area (Å²) >= 11 is 0. The third kappa shape index (κ3) is 4.38. The summed E-state index contributed by atoms with van der Waals surface area (Å²) in [5, 5.41) is 12.1. The second-order valence-electron chi connectivity index (χ2n) is 5.60. The van der Waals surface area contributed by atoms with Crippen LogP contribution < -0.4 is 5.32 Å². The molecular formula is C17H22N2O. The fourth-order valence-corrected chi connectivity index (χ4v) is 2.87. The first-order valence-electron chi connectivity index (χ1n) is 7.51. The Bertz CT molecular complexity index is 458. The Labute approximate surface area is 121 Å². The van der Waals surface area contributed by atoms with Gasteiger partial charge in [0.25, 0.3) is 0 Å². The molecule has 3 heteroatoms. The highest BCUT2D eigenvalue weighted by molar-refractivity contribution is 5.81. The largest absolute Gasteiger partial charge is 0.355 e. The number of hydrogen-bond acceptors (Lipinski definition) is 2. The van der Waals surface area contributed by atoms with Gasteiger partial charge in [-0.3, -0.25) is 4.79 Å². The molecule has 1 aliphatic rings. The summed E-state index contributed by atoms with van der Waals surface area (Å²) in [5.74, 6) is 0.0558. The minimum atomic E-state index is -0.582. The molecule has 1 amide bonds. The number of carbonyl (C=O) groups excluding carboxylic acids is 1. The van der Waals surface area contributed by atoms with Crippen LogP contribution in [0.4, 0.5) is 0 Å². The summed E-state index contributed by atoms with van der Waals surface area (Å²) in [7, 11) is 0. The lowest BCUT2D eigenvalue weighted by Crippen LogP contribution is -2.32. The molecule has 0 saturated heterocycles. The maximum atomic E-state index is 12.0. The van der Waals surface area contributed by atoms with Crippen molar-refractivity contribution >= 4 is 5.91 Å². The number of carbonyl (C=O) groups is 1. The molecule has 1 aromatic carbocycles. The molecule has 1 fully saturated rings. The Morgan fingerprint density at radius 3 is 2.65 bits per heavy atom. The van der Waals surface area contributed by atoms with Crippen LogP contribution in [0.15, 0.2) is 30.3 Å². The van der Waals surface area contributed by atoms with E-state index in [1.54, 1.807) is 0 Å². The van der Waals surface area contributed by atoms with Gasteiger partial charge in [-0.05, 0) is 24.3 Å². The lowest BCUT2D eigenvalue weighted by molar-refractivity contribution is -0.123. The second kappa shape index (κ2) is 7.69. The number of nitrogens with one attached hydrogen (secondary N) is 1. The van der Waals surface area contributed by atoms with E-state index in [-0.39, 0.29) is 5.91 Å². The monoisotopic (exact) mass is 270 g/mol.